The van der Waals surface area contributed by atoms with Crippen molar-refractivity contribution in [3.63, 3.8) is 0 Å². The average molecular weight is 200 g/mol. The van der Waals surface area contributed by atoms with Gasteiger partial charge in [-0.2, -0.15) is 0 Å². The number of amidine groups is 1. The van der Waals surface area contributed by atoms with Gasteiger partial charge in [0.1, 0.15) is 0 Å². The number of nitrogens with two attached hydrogens (primary N) is 1. The Balaban J connectivity index is 2.14. The number of nitrogens with zero attached hydrogens (tertiary/aromatic N) is 2. The fraction of sp³-hybridized carbons (Fsp3) is 0.750. The van der Waals surface area contributed by atoms with Gasteiger partial charge >= 0.3 is 0 Å². The summed E-state index contributed by atoms with van der Waals surface area (Å²) in [5.41, 5.74) is 5.23. The molecule has 0 aliphatic carbocycles. The highest BCUT2D eigenvalue weighted by Crippen LogP contribution is 2.06. The van der Waals surface area contributed by atoms with E-state index in [1.807, 2.05) is 4.90 Å². The Labute approximate surface area is 82.7 Å². The lowest BCUT2D eigenvalue weighted by molar-refractivity contribution is -0.129. The van der Waals surface area contributed by atoms with E-state index in [1.165, 1.54) is 0 Å². The Hall–Kier alpha value is -1.30. The second-order valence-corrected chi connectivity index (χ2v) is 3.28. The Morgan fingerprint density at radius 2 is 2.07 bits per heavy atom. The van der Waals surface area contributed by atoms with Crippen LogP contribution in [0.25, 0.3) is 0 Å². The van der Waals surface area contributed by atoms with Gasteiger partial charge in [-0.15, -0.1) is 0 Å². The highest BCUT2D eigenvalue weighted by atomic mass is 16.4. The molecule has 0 saturated carbocycles. The first-order chi connectivity index (χ1) is 6.74. The van der Waals surface area contributed by atoms with Gasteiger partial charge in [0, 0.05) is 13.1 Å². The minimum absolute atomic E-state index is 0.0771. The van der Waals surface area contributed by atoms with Crippen LogP contribution in [-0.4, -0.2) is 48.0 Å². The van der Waals surface area contributed by atoms with Crippen molar-refractivity contribution in [2.24, 2.45) is 10.9 Å². The summed E-state index contributed by atoms with van der Waals surface area (Å²) >= 11 is 0. The highest BCUT2D eigenvalue weighted by molar-refractivity contribution is 5.83. The van der Waals surface area contributed by atoms with Crippen molar-refractivity contribution in [3.8, 4) is 0 Å². The van der Waals surface area contributed by atoms with E-state index in [0.29, 0.717) is 0 Å². The lowest BCUT2D eigenvalue weighted by atomic mass is 10.4. The number of carbonyl (C=O) groups is 1. The van der Waals surface area contributed by atoms with Crippen molar-refractivity contribution in [2.75, 3.05) is 26.2 Å². The molecule has 80 valence electrons. The van der Waals surface area contributed by atoms with Gasteiger partial charge in [-0.25, -0.2) is 0 Å². The van der Waals surface area contributed by atoms with Gasteiger partial charge in [0.25, 0.3) is 0 Å². The molecule has 14 heavy (non-hydrogen) atoms. The number of oxime groups is 1. The summed E-state index contributed by atoms with van der Waals surface area (Å²) in [6, 6.07) is 0. The molecular weight excluding hydrogens is 184 g/mol. The van der Waals surface area contributed by atoms with E-state index in [9.17, 15) is 4.79 Å². The zero-order valence-electron chi connectivity index (χ0n) is 8.07. The smallest absolute Gasteiger partial charge is 0.236 e. The molecule has 6 heteroatoms. The van der Waals surface area contributed by atoms with E-state index in [0.717, 1.165) is 25.9 Å². The highest BCUT2D eigenvalue weighted by Gasteiger charge is 2.16. The standard InChI is InChI=1S/C8H16N4O2/c9-7(11-14)5-10-6-8(13)12-3-1-2-4-12/h10,14H,1-6H2,(H2,9,11). The molecule has 4 N–H and O–H groups in total. The first kappa shape index (κ1) is 10.8. The number of nitrogens with one attached hydrogen (secondary N) is 1. The van der Waals surface area contributed by atoms with E-state index in [4.69, 9.17) is 10.9 Å². The first-order valence-corrected chi connectivity index (χ1v) is 4.69. The summed E-state index contributed by atoms with van der Waals surface area (Å²) in [7, 11) is 0. The average Bonchev–Trinajstić information content (AvgIpc) is 2.70. The van der Waals surface area contributed by atoms with Gasteiger partial charge in [-0.1, -0.05) is 5.16 Å². The predicted molar refractivity (Wildman–Crippen MR) is 52.1 cm³/mol. The first-order valence-electron chi connectivity index (χ1n) is 4.69. The predicted octanol–water partition coefficient (Wildman–Crippen LogP) is -1.06. The molecule has 6 nitrogen and oxygen atoms in total. The molecule has 1 heterocycles. The second kappa shape index (κ2) is 5.43. The molecule has 1 aliphatic rings. The van der Waals surface area contributed by atoms with E-state index in [-0.39, 0.29) is 24.8 Å². The van der Waals surface area contributed by atoms with Crippen molar-refractivity contribution >= 4 is 11.7 Å². The number of hydrogen-bond donors (Lipinski definition) is 3. The van der Waals surface area contributed by atoms with Crippen LogP contribution >= 0.6 is 0 Å². The Morgan fingerprint density at radius 3 is 2.64 bits per heavy atom. The Kier molecular flexibility index (Phi) is 4.18. The monoisotopic (exact) mass is 200 g/mol. The molecule has 0 bridgehead atoms. The van der Waals surface area contributed by atoms with Crippen LogP contribution in [0.1, 0.15) is 12.8 Å². The maximum Gasteiger partial charge on any atom is 0.236 e. The molecule has 0 atom stereocenters. The molecule has 1 aliphatic heterocycles. The summed E-state index contributed by atoms with van der Waals surface area (Å²) < 4.78 is 0. The van der Waals surface area contributed by atoms with E-state index >= 15 is 0 Å². The number of amides is 1. The molecule has 0 unspecified atom stereocenters. The molecular formula is C8H16N4O2. The third-order valence-corrected chi connectivity index (χ3v) is 2.17. The lowest BCUT2D eigenvalue weighted by Crippen LogP contribution is -2.39. The summed E-state index contributed by atoms with van der Waals surface area (Å²) in [6.07, 6.45) is 2.18. The van der Waals surface area contributed by atoms with Crippen LogP contribution in [0.4, 0.5) is 0 Å². The molecule has 1 saturated heterocycles. The quantitative estimate of drug-likeness (QED) is 0.233. The molecule has 0 aromatic heterocycles. The number of carbonyl (C=O) groups excluding carboxylic acids is 1. The van der Waals surface area contributed by atoms with Crippen molar-refractivity contribution in [1.29, 1.82) is 0 Å². The van der Waals surface area contributed by atoms with Gasteiger partial charge in [0.05, 0.1) is 13.1 Å². The number of likely N-dealkylation sites (tertiary alicyclic amines) is 1. The molecule has 1 amide bonds. The van der Waals surface area contributed by atoms with Crippen LogP contribution in [0.5, 0.6) is 0 Å². The zero-order valence-corrected chi connectivity index (χ0v) is 8.07. The molecule has 1 rings (SSSR count). The zero-order chi connectivity index (χ0) is 10.4. The van der Waals surface area contributed by atoms with Crippen LogP contribution in [0.15, 0.2) is 5.16 Å². The van der Waals surface area contributed by atoms with E-state index < -0.39 is 0 Å². The largest absolute Gasteiger partial charge is 0.409 e. The topological polar surface area (TPSA) is 91.0 Å². The van der Waals surface area contributed by atoms with Gasteiger partial charge < -0.3 is 21.2 Å². The summed E-state index contributed by atoms with van der Waals surface area (Å²) in [4.78, 5) is 13.3. The maximum absolute atomic E-state index is 11.4. The Bertz CT molecular complexity index is 223. The van der Waals surface area contributed by atoms with E-state index in [2.05, 4.69) is 10.5 Å². The fourth-order valence-corrected chi connectivity index (χ4v) is 1.41. The third-order valence-electron chi connectivity index (χ3n) is 2.17. The van der Waals surface area contributed by atoms with Crippen LogP contribution < -0.4 is 11.1 Å². The minimum atomic E-state index is 0.0771. The van der Waals surface area contributed by atoms with Gasteiger partial charge in [0.2, 0.25) is 5.91 Å². The number of hydrogen-bond acceptors (Lipinski definition) is 4. The molecule has 0 radical (unpaired) electrons. The van der Waals surface area contributed by atoms with Crippen LogP contribution in [0.3, 0.4) is 0 Å². The SMILES string of the molecule is NC(CNCC(=O)N1CCCC1)=NO. The van der Waals surface area contributed by atoms with Crippen molar-refractivity contribution in [1.82, 2.24) is 10.2 Å². The third kappa shape index (κ3) is 3.21. The number of rotatable bonds is 4. The van der Waals surface area contributed by atoms with Crippen LogP contribution in [-0.2, 0) is 4.79 Å². The second-order valence-electron chi connectivity index (χ2n) is 3.28. The lowest BCUT2D eigenvalue weighted by Gasteiger charge is -2.15. The van der Waals surface area contributed by atoms with Gasteiger partial charge in [-0.3, -0.25) is 4.79 Å². The normalized spacial score (nSPS) is 17.4. The van der Waals surface area contributed by atoms with E-state index in [1.54, 1.807) is 0 Å². The Morgan fingerprint density at radius 1 is 1.43 bits per heavy atom. The van der Waals surface area contributed by atoms with Crippen LogP contribution in [0.2, 0.25) is 0 Å². The fourth-order valence-electron chi connectivity index (χ4n) is 1.41. The molecule has 1 fully saturated rings. The summed E-state index contributed by atoms with van der Waals surface area (Å²) in [5.74, 6) is 0.160. The summed E-state index contributed by atoms with van der Waals surface area (Å²) in [5, 5.41) is 13.8. The van der Waals surface area contributed by atoms with Crippen molar-refractivity contribution in [3.05, 3.63) is 0 Å². The molecule has 0 spiro atoms. The molecule has 0 aromatic rings. The minimum Gasteiger partial charge on any atom is -0.409 e. The van der Waals surface area contributed by atoms with Crippen molar-refractivity contribution in [2.45, 2.75) is 12.8 Å². The van der Waals surface area contributed by atoms with Gasteiger partial charge in [0.15, 0.2) is 5.84 Å². The molecule has 0 aromatic carbocycles. The van der Waals surface area contributed by atoms with Gasteiger partial charge in [-0.05, 0) is 12.8 Å². The van der Waals surface area contributed by atoms with Crippen LogP contribution in [0, 0.1) is 0 Å². The van der Waals surface area contributed by atoms with Crippen molar-refractivity contribution < 1.29 is 10.0 Å². The maximum atomic E-state index is 11.4. The summed E-state index contributed by atoms with van der Waals surface area (Å²) in [6.45, 7) is 2.18.